The lowest BCUT2D eigenvalue weighted by atomic mass is 10.0. The van der Waals surface area contributed by atoms with Gasteiger partial charge in [0.25, 0.3) is 0 Å². The van der Waals surface area contributed by atoms with E-state index in [-0.39, 0.29) is 11.9 Å². The van der Waals surface area contributed by atoms with Crippen molar-refractivity contribution in [2.24, 2.45) is 0 Å². The van der Waals surface area contributed by atoms with Crippen molar-refractivity contribution in [3.8, 4) is 0 Å². The molecule has 1 atom stereocenters. The van der Waals surface area contributed by atoms with Gasteiger partial charge in [-0.25, -0.2) is 4.98 Å². The van der Waals surface area contributed by atoms with Gasteiger partial charge >= 0.3 is 11.2 Å². The van der Waals surface area contributed by atoms with Crippen LogP contribution in [-0.4, -0.2) is 26.9 Å². The van der Waals surface area contributed by atoms with E-state index in [2.05, 4.69) is 4.98 Å². The monoisotopic (exact) mass is 288 g/mol. The lowest BCUT2D eigenvalue weighted by molar-refractivity contribution is -0.385. The maximum Gasteiger partial charge on any atom is 0.376 e. The van der Waals surface area contributed by atoms with E-state index in [0.717, 1.165) is 19.3 Å². The SMILES string of the molecule is C[C@H]1CCCCN1c1nc2ccccn2c(=O)c1[N+](=O)[O-]. The van der Waals surface area contributed by atoms with Crippen molar-refractivity contribution in [1.29, 1.82) is 0 Å². The van der Waals surface area contributed by atoms with Crippen molar-refractivity contribution in [3.05, 3.63) is 44.9 Å². The van der Waals surface area contributed by atoms with E-state index in [0.29, 0.717) is 12.2 Å². The number of pyridine rings is 1. The molecule has 0 radical (unpaired) electrons. The molecule has 1 fully saturated rings. The van der Waals surface area contributed by atoms with Gasteiger partial charge in [0.1, 0.15) is 5.65 Å². The van der Waals surface area contributed by atoms with Crippen molar-refractivity contribution in [1.82, 2.24) is 9.38 Å². The van der Waals surface area contributed by atoms with Crippen LogP contribution in [0.4, 0.5) is 11.5 Å². The fourth-order valence-corrected chi connectivity index (χ4v) is 2.84. The van der Waals surface area contributed by atoms with Crippen molar-refractivity contribution in [2.75, 3.05) is 11.4 Å². The Morgan fingerprint density at radius 3 is 2.90 bits per heavy atom. The molecule has 3 rings (SSSR count). The zero-order valence-electron chi connectivity index (χ0n) is 11.7. The minimum atomic E-state index is -0.627. The fraction of sp³-hybridized carbons (Fsp3) is 0.429. The third kappa shape index (κ3) is 2.24. The quantitative estimate of drug-likeness (QED) is 0.623. The first kappa shape index (κ1) is 13.5. The minimum Gasteiger partial charge on any atom is -0.348 e. The maximum atomic E-state index is 12.4. The van der Waals surface area contributed by atoms with Crippen LogP contribution < -0.4 is 10.5 Å². The molecule has 0 spiro atoms. The van der Waals surface area contributed by atoms with Gasteiger partial charge in [0.15, 0.2) is 0 Å². The Labute approximate surface area is 121 Å². The Bertz CT molecular complexity index is 755. The normalized spacial score (nSPS) is 18.9. The molecule has 1 saturated heterocycles. The number of hydrogen-bond donors (Lipinski definition) is 0. The standard InChI is InChI=1S/C14H16N4O3/c1-10-6-2-4-8-16(10)13-12(18(20)21)14(19)17-9-5-3-7-11(17)15-13/h3,5,7,9-10H,2,4,6,8H2,1H3/t10-/m0/s1. The topological polar surface area (TPSA) is 80.8 Å². The first-order valence-corrected chi connectivity index (χ1v) is 7.02. The second kappa shape index (κ2) is 5.16. The lowest BCUT2D eigenvalue weighted by Gasteiger charge is -2.33. The molecule has 0 aliphatic carbocycles. The van der Waals surface area contributed by atoms with Gasteiger partial charge in [-0.3, -0.25) is 19.3 Å². The number of anilines is 1. The van der Waals surface area contributed by atoms with Crippen LogP contribution in [0, 0.1) is 10.1 Å². The van der Waals surface area contributed by atoms with E-state index in [1.165, 1.54) is 10.6 Å². The fourth-order valence-electron chi connectivity index (χ4n) is 2.84. The molecule has 2 aromatic heterocycles. The molecule has 1 aliphatic heterocycles. The van der Waals surface area contributed by atoms with E-state index in [1.54, 1.807) is 18.2 Å². The third-order valence-electron chi connectivity index (χ3n) is 3.95. The highest BCUT2D eigenvalue weighted by Gasteiger charge is 2.31. The predicted molar refractivity (Wildman–Crippen MR) is 78.8 cm³/mol. The summed E-state index contributed by atoms with van der Waals surface area (Å²) in [6.45, 7) is 2.70. The summed E-state index contributed by atoms with van der Waals surface area (Å²) in [7, 11) is 0. The maximum absolute atomic E-state index is 12.4. The Balaban J connectivity index is 2.27. The number of rotatable bonds is 2. The van der Waals surface area contributed by atoms with Crippen LogP contribution in [0.15, 0.2) is 29.2 Å². The number of nitro groups is 1. The highest BCUT2D eigenvalue weighted by Crippen LogP contribution is 2.28. The van der Waals surface area contributed by atoms with E-state index >= 15 is 0 Å². The number of piperidine rings is 1. The zero-order valence-corrected chi connectivity index (χ0v) is 11.7. The lowest BCUT2D eigenvalue weighted by Crippen LogP contribution is -2.39. The average Bonchev–Trinajstić information content (AvgIpc) is 2.47. The summed E-state index contributed by atoms with van der Waals surface area (Å²) in [5.41, 5.74) is -0.633. The molecule has 3 heterocycles. The molecule has 7 nitrogen and oxygen atoms in total. The van der Waals surface area contributed by atoms with Gasteiger partial charge in [-0.2, -0.15) is 0 Å². The summed E-state index contributed by atoms with van der Waals surface area (Å²) in [5.74, 6) is 0.198. The zero-order chi connectivity index (χ0) is 15.0. The second-order valence-corrected chi connectivity index (χ2v) is 5.31. The second-order valence-electron chi connectivity index (χ2n) is 5.31. The highest BCUT2D eigenvalue weighted by atomic mass is 16.6. The van der Waals surface area contributed by atoms with Crippen molar-refractivity contribution in [2.45, 2.75) is 32.2 Å². The molecule has 0 saturated carbocycles. The van der Waals surface area contributed by atoms with Crippen LogP contribution in [-0.2, 0) is 0 Å². The highest BCUT2D eigenvalue weighted by molar-refractivity contribution is 5.62. The summed E-state index contributed by atoms with van der Waals surface area (Å²) < 4.78 is 1.22. The number of nitrogens with zero attached hydrogens (tertiary/aromatic N) is 4. The van der Waals surface area contributed by atoms with Gasteiger partial charge in [0.2, 0.25) is 5.82 Å². The third-order valence-corrected chi connectivity index (χ3v) is 3.95. The molecule has 2 aromatic rings. The molecule has 0 unspecified atom stereocenters. The molecular weight excluding hydrogens is 272 g/mol. The molecule has 0 aromatic carbocycles. The summed E-state index contributed by atoms with van der Waals surface area (Å²) in [4.78, 5) is 29.4. The van der Waals surface area contributed by atoms with Gasteiger partial charge in [-0.1, -0.05) is 6.07 Å². The van der Waals surface area contributed by atoms with Gasteiger partial charge in [-0.05, 0) is 38.3 Å². The minimum absolute atomic E-state index is 0.149. The molecule has 21 heavy (non-hydrogen) atoms. The van der Waals surface area contributed by atoms with Crippen LogP contribution in [0.3, 0.4) is 0 Å². The van der Waals surface area contributed by atoms with Gasteiger partial charge < -0.3 is 4.90 Å². The molecule has 0 N–H and O–H groups in total. The van der Waals surface area contributed by atoms with Gasteiger partial charge in [0, 0.05) is 18.8 Å². The summed E-state index contributed by atoms with van der Waals surface area (Å²) in [5, 5.41) is 11.4. The number of hydrogen-bond acceptors (Lipinski definition) is 5. The Hall–Kier alpha value is -2.44. The van der Waals surface area contributed by atoms with Crippen LogP contribution in [0.1, 0.15) is 26.2 Å². The predicted octanol–water partition coefficient (Wildman–Crippen LogP) is 1.98. The molecule has 1 aliphatic rings. The van der Waals surface area contributed by atoms with Crippen LogP contribution in [0.5, 0.6) is 0 Å². The van der Waals surface area contributed by atoms with Gasteiger partial charge in [0.05, 0.1) is 4.92 Å². The average molecular weight is 288 g/mol. The van der Waals surface area contributed by atoms with Crippen LogP contribution in [0.25, 0.3) is 5.65 Å². The molecular formula is C14H16N4O3. The Morgan fingerprint density at radius 2 is 2.19 bits per heavy atom. The summed E-state index contributed by atoms with van der Waals surface area (Å²) >= 11 is 0. The Kier molecular flexibility index (Phi) is 3.32. The van der Waals surface area contributed by atoms with E-state index in [9.17, 15) is 14.9 Å². The molecule has 0 amide bonds. The molecule has 110 valence electrons. The number of aromatic nitrogens is 2. The van der Waals surface area contributed by atoms with Crippen LogP contribution in [0.2, 0.25) is 0 Å². The van der Waals surface area contributed by atoms with Crippen LogP contribution >= 0.6 is 0 Å². The van der Waals surface area contributed by atoms with Gasteiger partial charge in [-0.15, -0.1) is 0 Å². The van der Waals surface area contributed by atoms with Crippen molar-refractivity contribution >= 4 is 17.2 Å². The first-order chi connectivity index (χ1) is 10.1. The Morgan fingerprint density at radius 1 is 1.38 bits per heavy atom. The number of fused-ring (bicyclic) bond motifs is 1. The smallest absolute Gasteiger partial charge is 0.348 e. The van der Waals surface area contributed by atoms with Crippen molar-refractivity contribution in [3.63, 3.8) is 0 Å². The van der Waals surface area contributed by atoms with Crippen molar-refractivity contribution < 1.29 is 4.92 Å². The van der Waals surface area contributed by atoms with E-state index in [4.69, 9.17) is 0 Å². The van der Waals surface area contributed by atoms with E-state index in [1.807, 2.05) is 11.8 Å². The summed E-state index contributed by atoms with van der Waals surface area (Å²) in [6, 6.07) is 5.25. The largest absolute Gasteiger partial charge is 0.376 e. The summed E-state index contributed by atoms with van der Waals surface area (Å²) in [6.07, 6.45) is 4.50. The first-order valence-electron chi connectivity index (χ1n) is 7.02. The molecule has 7 heteroatoms. The van der Waals surface area contributed by atoms with E-state index < -0.39 is 16.2 Å². The molecule has 0 bridgehead atoms.